The summed E-state index contributed by atoms with van der Waals surface area (Å²) in [6.07, 6.45) is 0.804. The van der Waals surface area contributed by atoms with Crippen LogP contribution in [0, 0.1) is 17.6 Å². The molecule has 166 valence electrons. The van der Waals surface area contributed by atoms with Crippen LogP contribution in [0.3, 0.4) is 0 Å². The predicted molar refractivity (Wildman–Crippen MR) is 117 cm³/mol. The number of nitrogens with two attached hydrogens (primary N) is 1. The molecule has 2 atom stereocenters. The molecule has 0 radical (unpaired) electrons. The van der Waals surface area contributed by atoms with Crippen molar-refractivity contribution < 1.29 is 18.4 Å². The fourth-order valence-electron chi connectivity index (χ4n) is 3.80. The maximum atomic E-state index is 14.5. The van der Waals surface area contributed by atoms with Gasteiger partial charge in [-0.1, -0.05) is 43.6 Å². The van der Waals surface area contributed by atoms with Gasteiger partial charge in [0, 0.05) is 24.0 Å². The smallest absolute Gasteiger partial charge is 0.239 e. The molecule has 0 aromatic heterocycles. The Hall–Kier alpha value is -2.51. The molecule has 3 rings (SSSR count). The van der Waals surface area contributed by atoms with Crippen molar-refractivity contribution in [1.82, 2.24) is 4.90 Å². The molecule has 2 aromatic carbocycles. The van der Waals surface area contributed by atoms with Crippen LogP contribution in [0.4, 0.5) is 14.5 Å². The molecule has 1 aliphatic heterocycles. The van der Waals surface area contributed by atoms with Gasteiger partial charge in [0.25, 0.3) is 0 Å². The van der Waals surface area contributed by atoms with Crippen molar-refractivity contribution in [2.24, 2.45) is 11.7 Å². The summed E-state index contributed by atoms with van der Waals surface area (Å²) in [5.74, 6) is -3.07. The second-order valence-corrected chi connectivity index (χ2v) is 8.54. The Morgan fingerprint density at radius 1 is 1.19 bits per heavy atom. The highest BCUT2D eigenvalue weighted by Gasteiger charge is 2.37. The quantitative estimate of drug-likeness (QED) is 0.729. The number of carbonyl (C=O) groups excluding carboxylic acids is 2. The topological polar surface area (TPSA) is 66.6 Å². The second-order valence-electron chi connectivity index (χ2n) is 8.10. The van der Waals surface area contributed by atoms with Gasteiger partial charge in [-0.3, -0.25) is 9.59 Å². The van der Waals surface area contributed by atoms with E-state index < -0.39 is 29.6 Å². The molecule has 5 nitrogen and oxygen atoms in total. The van der Waals surface area contributed by atoms with E-state index in [1.165, 1.54) is 17.0 Å². The predicted octanol–water partition coefficient (Wildman–Crippen LogP) is 3.78. The molecule has 1 saturated heterocycles. The van der Waals surface area contributed by atoms with E-state index in [1.54, 1.807) is 30.9 Å². The first-order valence-corrected chi connectivity index (χ1v) is 10.6. The zero-order valence-corrected chi connectivity index (χ0v) is 18.3. The van der Waals surface area contributed by atoms with E-state index in [1.807, 2.05) is 12.1 Å². The number of likely N-dealkylation sites (tertiary alicyclic amines) is 1. The van der Waals surface area contributed by atoms with Crippen LogP contribution in [0.5, 0.6) is 0 Å². The van der Waals surface area contributed by atoms with Gasteiger partial charge in [-0.15, -0.1) is 0 Å². The van der Waals surface area contributed by atoms with Crippen molar-refractivity contribution in [1.29, 1.82) is 0 Å². The van der Waals surface area contributed by atoms with Crippen molar-refractivity contribution in [2.45, 2.75) is 38.8 Å². The van der Waals surface area contributed by atoms with Crippen molar-refractivity contribution in [3.05, 3.63) is 64.7 Å². The zero-order chi connectivity index (χ0) is 22.7. The first kappa shape index (κ1) is 23.2. The minimum absolute atomic E-state index is 0.108. The van der Waals surface area contributed by atoms with E-state index in [4.69, 9.17) is 17.3 Å². The van der Waals surface area contributed by atoms with Gasteiger partial charge in [-0.2, -0.15) is 0 Å². The van der Waals surface area contributed by atoms with Gasteiger partial charge in [-0.05, 0) is 42.7 Å². The largest absolute Gasteiger partial charge is 0.339 e. The zero-order valence-electron chi connectivity index (χ0n) is 17.5. The van der Waals surface area contributed by atoms with Crippen LogP contribution in [0.15, 0.2) is 42.5 Å². The Morgan fingerprint density at radius 3 is 2.52 bits per heavy atom. The highest BCUT2D eigenvalue weighted by molar-refractivity contribution is 6.30. The first-order chi connectivity index (χ1) is 14.7. The molecule has 0 spiro atoms. The molecule has 0 bridgehead atoms. The third kappa shape index (κ3) is 5.22. The van der Waals surface area contributed by atoms with Crippen LogP contribution >= 0.6 is 11.6 Å². The van der Waals surface area contributed by atoms with Gasteiger partial charge in [-0.25, -0.2) is 8.78 Å². The molecule has 1 fully saturated rings. The Kier molecular flexibility index (Phi) is 7.28. The van der Waals surface area contributed by atoms with Crippen molar-refractivity contribution in [3.63, 3.8) is 0 Å². The third-order valence-electron chi connectivity index (χ3n) is 5.45. The summed E-state index contributed by atoms with van der Waals surface area (Å²) < 4.78 is 28.3. The van der Waals surface area contributed by atoms with Gasteiger partial charge in [0.15, 0.2) is 11.6 Å². The Morgan fingerprint density at radius 2 is 1.87 bits per heavy atom. The molecule has 2 unspecified atom stereocenters. The lowest BCUT2D eigenvalue weighted by Gasteiger charge is -2.31. The fraction of sp³-hybridized carbons (Fsp3) is 0.391. The number of rotatable bonds is 6. The molecule has 1 heterocycles. The summed E-state index contributed by atoms with van der Waals surface area (Å²) in [6.45, 7) is 4.00. The highest BCUT2D eigenvalue weighted by atomic mass is 35.5. The number of nitrogens with zero attached hydrogens (tertiary/aromatic N) is 2. The Labute approximate surface area is 185 Å². The summed E-state index contributed by atoms with van der Waals surface area (Å²) in [5, 5.41) is 0.602. The van der Waals surface area contributed by atoms with E-state index >= 15 is 0 Å². The number of carbonyl (C=O) groups is 2. The summed E-state index contributed by atoms with van der Waals surface area (Å²) in [5.41, 5.74) is 6.92. The summed E-state index contributed by atoms with van der Waals surface area (Å²) in [6, 6.07) is 9.67. The molecule has 0 saturated carbocycles. The lowest BCUT2D eigenvalue weighted by molar-refractivity contribution is -0.131. The minimum atomic E-state index is -1.07. The lowest BCUT2D eigenvalue weighted by atomic mass is 10.1. The van der Waals surface area contributed by atoms with Crippen LogP contribution < -0.4 is 10.6 Å². The van der Waals surface area contributed by atoms with Crippen molar-refractivity contribution >= 4 is 29.1 Å². The van der Waals surface area contributed by atoms with E-state index in [2.05, 4.69) is 0 Å². The van der Waals surface area contributed by atoms with E-state index in [0.717, 1.165) is 11.6 Å². The fourth-order valence-corrected chi connectivity index (χ4v) is 3.93. The number of halogens is 3. The van der Waals surface area contributed by atoms with Crippen LogP contribution in [0.25, 0.3) is 0 Å². The van der Waals surface area contributed by atoms with Crippen molar-refractivity contribution in [3.8, 4) is 0 Å². The standard InChI is InChI=1S/C23H26ClF2N3O2/c1-14(2)22(30)29(20-5-3-4-18(25)21(20)26)17-10-11-28(13-17)23(31)19(27)12-15-6-8-16(24)9-7-15/h3-9,14,17,19H,10-13,27H2,1-2H3. The Balaban J connectivity index is 1.75. The molecule has 31 heavy (non-hydrogen) atoms. The number of hydrogen-bond acceptors (Lipinski definition) is 3. The number of hydrogen-bond donors (Lipinski definition) is 1. The molecule has 8 heteroatoms. The van der Waals surface area contributed by atoms with Gasteiger partial charge in [0.1, 0.15) is 0 Å². The summed E-state index contributed by atoms with van der Waals surface area (Å²) in [7, 11) is 0. The monoisotopic (exact) mass is 449 g/mol. The maximum Gasteiger partial charge on any atom is 0.239 e. The third-order valence-corrected chi connectivity index (χ3v) is 5.70. The highest BCUT2D eigenvalue weighted by Crippen LogP contribution is 2.29. The van der Waals surface area contributed by atoms with Crippen LogP contribution in [-0.2, 0) is 16.0 Å². The normalized spacial score (nSPS) is 17.1. The average molecular weight is 450 g/mol. The SMILES string of the molecule is CC(C)C(=O)N(c1cccc(F)c1F)C1CCN(C(=O)C(N)Cc2ccc(Cl)cc2)C1. The molecule has 2 aromatic rings. The van der Waals surface area contributed by atoms with Gasteiger partial charge >= 0.3 is 0 Å². The molecular formula is C23H26ClF2N3O2. The number of amides is 2. The molecular weight excluding hydrogens is 424 g/mol. The van der Waals surface area contributed by atoms with E-state index in [-0.39, 0.29) is 24.0 Å². The van der Waals surface area contributed by atoms with Crippen molar-refractivity contribution in [2.75, 3.05) is 18.0 Å². The van der Waals surface area contributed by atoms with E-state index in [9.17, 15) is 18.4 Å². The summed E-state index contributed by atoms with van der Waals surface area (Å²) in [4.78, 5) is 28.6. The lowest BCUT2D eigenvalue weighted by Crippen LogP contribution is -2.48. The first-order valence-electron chi connectivity index (χ1n) is 10.2. The minimum Gasteiger partial charge on any atom is -0.339 e. The summed E-state index contributed by atoms with van der Waals surface area (Å²) >= 11 is 5.89. The van der Waals surface area contributed by atoms with Crippen LogP contribution in [0.2, 0.25) is 5.02 Å². The molecule has 0 aliphatic carbocycles. The van der Waals surface area contributed by atoms with Gasteiger partial charge in [0.05, 0.1) is 17.8 Å². The van der Waals surface area contributed by atoms with Gasteiger partial charge in [0.2, 0.25) is 11.8 Å². The average Bonchev–Trinajstić information content (AvgIpc) is 3.22. The number of anilines is 1. The molecule has 2 N–H and O–H groups in total. The van der Waals surface area contributed by atoms with Crippen LogP contribution in [0.1, 0.15) is 25.8 Å². The van der Waals surface area contributed by atoms with Crippen LogP contribution in [-0.4, -0.2) is 41.9 Å². The maximum absolute atomic E-state index is 14.5. The second kappa shape index (κ2) is 9.75. The van der Waals surface area contributed by atoms with E-state index in [0.29, 0.717) is 24.4 Å². The molecule has 2 amide bonds. The van der Waals surface area contributed by atoms with Gasteiger partial charge < -0.3 is 15.5 Å². The number of benzene rings is 2. The molecule has 1 aliphatic rings. The Bertz CT molecular complexity index is 952.